The smallest absolute Gasteiger partial charge is 0.266 e. The molecule has 0 radical (unpaired) electrons. The van der Waals surface area contributed by atoms with Gasteiger partial charge in [0.05, 0.1) is 17.4 Å². The van der Waals surface area contributed by atoms with Crippen LogP contribution in [0.15, 0.2) is 22.0 Å². The second-order valence-electron chi connectivity index (χ2n) is 3.40. The number of nitriles is 1. The average molecular weight is 276 g/mol. The highest BCUT2D eigenvalue weighted by atomic mass is 35.5. The number of hydrogen-bond donors (Lipinski definition) is 2. The molecule has 0 aliphatic heterocycles. The Labute approximate surface area is 103 Å². The first-order chi connectivity index (χ1) is 7.86. The monoisotopic (exact) mass is 275 g/mol. The van der Waals surface area contributed by atoms with Gasteiger partial charge < -0.3 is 4.98 Å². The van der Waals surface area contributed by atoms with Crippen LogP contribution in [0.25, 0.3) is 0 Å². The van der Waals surface area contributed by atoms with E-state index in [2.05, 4.69) is 9.71 Å². The third kappa shape index (κ3) is 3.56. The van der Waals surface area contributed by atoms with E-state index < -0.39 is 21.6 Å². The molecule has 1 heterocycles. The maximum atomic E-state index is 11.8. The molecule has 17 heavy (non-hydrogen) atoms. The van der Waals surface area contributed by atoms with Gasteiger partial charge in [0.2, 0.25) is 10.0 Å². The van der Waals surface area contributed by atoms with Crippen LogP contribution in [0.2, 0.25) is 5.02 Å². The van der Waals surface area contributed by atoms with Crippen molar-refractivity contribution in [2.45, 2.75) is 24.3 Å². The lowest BCUT2D eigenvalue weighted by atomic mass is 10.3. The second kappa shape index (κ2) is 5.31. The molecule has 0 bridgehead atoms. The lowest BCUT2D eigenvalue weighted by Crippen LogP contribution is -2.32. The Morgan fingerprint density at radius 3 is 2.82 bits per heavy atom. The normalized spacial score (nSPS) is 13.0. The van der Waals surface area contributed by atoms with Crippen LogP contribution in [-0.4, -0.2) is 19.4 Å². The minimum absolute atomic E-state index is 0.0519. The molecule has 0 aliphatic rings. The van der Waals surface area contributed by atoms with Crippen LogP contribution in [0.3, 0.4) is 0 Å². The van der Waals surface area contributed by atoms with Crippen molar-refractivity contribution in [3.8, 4) is 6.07 Å². The number of sulfonamides is 1. The fourth-order valence-electron chi connectivity index (χ4n) is 1.10. The van der Waals surface area contributed by atoms with E-state index in [1.165, 1.54) is 0 Å². The molecule has 1 aromatic rings. The lowest BCUT2D eigenvalue weighted by Gasteiger charge is -2.10. The summed E-state index contributed by atoms with van der Waals surface area (Å²) < 4.78 is 25.8. The van der Waals surface area contributed by atoms with Crippen LogP contribution in [0.1, 0.15) is 13.3 Å². The van der Waals surface area contributed by atoms with Gasteiger partial charge in [-0.1, -0.05) is 11.6 Å². The molecular weight excluding hydrogens is 266 g/mol. The Hall–Kier alpha value is -1.36. The quantitative estimate of drug-likeness (QED) is 0.840. The zero-order valence-electron chi connectivity index (χ0n) is 8.90. The van der Waals surface area contributed by atoms with Gasteiger partial charge in [-0.2, -0.15) is 5.26 Å². The molecule has 0 saturated heterocycles. The molecule has 0 saturated carbocycles. The van der Waals surface area contributed by atoms with Gasteiger partial charge in [-0.15, -0.1) is 0 Å². The van der Waals surface area contributed by atoms with Crippen molar-refractivity contribution in [2.24, 2.45) is 0 Å². The zero-order chi connectivity index (χ0) is 13.1. The predicted octanol–water partition coefficient (Wildman–Crippen LogP) is 0.609. The van der Waals surface area contributed by atoms with Crippen LogP contribution in [0, 0.1) is 11.3 Å². The highest BCUT2D eigenvalue weighted by Gasteiger charge is 2.18. The van der Waals surface area contributed by atoms with E-state index in [1.807, 2.05) is 6.07 Å². The molecule has 1 unspecified atom stereocenters. The first kappa shape index (κ1) is 13.7. The largest absolute Gasteiger partial charge is 0.326 e. The maximum Gasteiger partial charge on any atom is 0.266 e. The number of nitrogens with zero attached hydrogens (tertiary/aromatic N) is 1. The van der Waals surface area contributed by atoms with E-state index in [4.69, 9.17) is 16.9 Å². The van der Waals surface area contributed by atoms with Crippen LogP contribution >= 0.6 is 11.6 Å². The number of rotatable bonds is 4. The van der Waals surface area contributed by atoms with E-state index in [0.29, 0.717) is 0 Å². The second-order valence-corrected chi connectivity index (χ2v) is 5.52. The predicted molar refractivity (Wildman–Crippen MR) is 62.1 cm³/mol. The number of halogens is 1. The molecule has 92 valence electrons. The third-order valence-electron chi connectivity index (χ3n) is 1.90. The first-order valence-corrected chi connectivity index (χ1v) is 6.50. The summed E-state index contributed by atoms with van der Waals surface area (Å²) in [5.74, 6) is 0. The summed E-state index contributed by atoms with van der Waals surface area (Å²) in [6, 6.07) is 2.39. The Morgan fingerprint density at radius 1 is 1.65 bits per heavy atom. The van der Waals surface area contributed by atoms with E-state index in [9.17, 15) is 13.2 Å². The van der Waals surface area contributed by atoms with Gasteiger partial charge in [0.1, 0.15) is 5.02 Å². The zero-order valence-corrected chi connectivity index (χ0v) is 10.5. The molecule has 0 spiro atoms. The molecule has 1 rings (SSSR count). The summed E-state index contributed by atoms with van der Waals surface area (Å²) in [5.41, 5.74) is -0.560. The average Bonchev–Trinajstić information content (AvgIpc) is 2.21. The van der Waals surface area contributed by atoms with E-state index in [-0.39, 0.29) is 16.3 Å². The summed E-state index contributed by atoms with van der Waals surface area (Å²) in [7, 11) is -3.78. The molecule has 0 amide bonds. The lowest BCUT2D eigenvalue weighted by molar-refractivity contribution is 0.562. The molecule has 8 heteroatoms. The number of hydrogen-bond acceptors (Lipinski definition) is 4. The number of aromatic amines is 1. The summed E-state index contributed by atoms with van der Waals surface area (Å²) in [5, 5.41) is 8.22. The number of H-pyrrole nitrogens is 1. The Morgan fingerprint density at radius 2 is 2.29 bits per heavy atom. The minimum atomic E-state index is -3.78. The molecule has 0 fully saturated rings. The van der Waals surface area contributed by atoms with Crippen LogP contribution < -0.4 is 10.3 Å². The van der Waals surface area contributed by atoms with Crippen molar-refractivity contribution in [3.63, 3.8) is 0 Å². The Kier molecular flexibility index (Phi) is 4.28. The van der Waals surface area contributed by atoms with Crippen molar-refractivity contribution in [1.82, 2.24) is 9.71 Å². The fraction of sp³-hybridized carbons (Fsp3) is 0.333. The number of aromatic nitrogens is 1. The molecule has 2 N–H and O–H groups in total. The maximum absolute atomic E-state index is 11.8. The SMILES string of the molecule is CC(CC#N)NS(=O)(=O)c1c[nH]c(=O)c(Cl)c1. The van der Waals surface area contributed by atoms with Crippen LogP contribution in [0.5, 0.6) is 0 Å². The van der Waals surface area contributed by atoms with Gasteiger partial charge in [0, 0.05) is 12.2 Å². The molecule has 0 aliphatic carbocycles. The van der Waals surface area contributed by atoms with E-state index in [0.717, 1.165) is 12.3 Å². The summed E-state index contributed by atoms with van der Waals surface area (Å²) in [6.45, 7) is 1.56. The third-order valence-corrected chi connectivity index (χ3v) is 3.75. The highest BCUT2D eigenvalue weighted by Crippen LogP contribution is 2.11. The van der Waals surface area contributed by atoms with E-state index >= 15 is 0 Å². The van der Waals surface area contributed by atoms with Crippen molar-refractivity contribution in [3.05, 3.63) is 27.6 Å². The van der Waals surface area contributed by atoms with Gasteiger partial charge in [0.15, 0.2) is 0 Å². The Bertz CT molecular complexity index is 603. The topological polar surface area (TPSA) is 103 Å². The van der Waals surface area contributed by atoms with Gasteiger partial charge in [0.25, 0.3) is 5.56 Å². The summed E-state index contributed by atoms with van der Waals surface area (Å²) >= 11 is 5.53. The van der Waals surface area contributed by atoms with Gasteiger partial charge in [-0.3, -0.25) is 4.79 Å². The Balaban J connectivity index is 3.02. The van der Waals surface area contributed by atoms with E-state index in [1.54, 1.807) is 6.92 Å². The van der Waals surface area contributed by atoms with Crippen molar-refractivity contribution >= 4 is 21.6 Å². The molecule has 0 aromatic carbocycles. The fourth-order valence-corrected chi connectivity index (χ4v) is 2.58. The molecule has 6 nitrogen and oxygen atoms in total. The van der Waals surface area contributed by atoms with Gasteiger partial charge in [-0.25, -0.2) is 13.1 Å². The molecular formula is C9H10ClN3O3S. The minimum Gasteiger partial charge on any atom is -0.326 e. The van der Waals surface area contributed by atoms with Gasteiger partial charge in [-0.05, 0) is 13.0 Å². The highest BCUT2D eigenvalue weighted by molar-refractivity contribution is 7.89. The van der Waals surface area contributed by atoms with Crippen LogP contribution in [-0.2, 0) is 10.0 Å². The van der Waals surface area contributed by atoms with Crippen molar-refractivity contribution in [1.29, 1.82) is 5.26 Å². The number of nitrogens with one attached hydrogen (secondary N) is 2. The van der Waals surface area contributed by atoms with Crippen LogP contribution in [0.4, 0.5) is 0 Å². The standard InChI is InChI=1S/C9H10ClN3O3S/c1-6(2-3-11)13-17(15,16)7-4-8(10)9(14)12-5-7/h4-6,13H,2H2,1H3,(H,12,14). The van der Waals surface area contributed by atoms with Gasteiger partial charge >= 0.3 is 0 Å². The summed E-state index contributed by atoms with van der Waals surface area (Å²) in [6.07, 6.45) is 1.10. The molecule has 1 atom stereocenters. The van der Waals surface area contributed by atoms with Crippen molar-refractivity contribution < 1.29 is 8.42 Å². The summed E-state index contributed by atoms with van der Waals surface area (Å²) in [4.78, 5) is 13.0. The molecule has 1 aromatic heterocycles. The number of pyridine rings is 1. The van der Waals surface area contributed by atoms with Crippen molar-refractivity contribution in [2.75, 3.05) is 0 Å². The first-order valence-electron chi connectivity index (χ1n) is 4.64.